The average Bonchev–Trinajstić information content (AvgIpc) is 3.94. The third kappa shape index (κ3) is 8.34. The van der Waals surface area contributed by atoms with Crippen LogP contribution in [0.1, 0.15) is 43.4 Å². The maximum absolute atomic E-state index is 13.5. The third-order valence-corrected chi connectivity index (χ3v) is 11.6. The van der Waals surface area contributed by atoms with E-state index in [-0.39, 0.29) is 52.5 Å². The minimum atomic E-state index is -1.31. The van der Waals surface area contributed by atoms with Crippen LogP contribution in [0.5, 0.6) is 5.75 Å². The van der Waals surface area contributed by atoms with Gasteiger partial charge in [-0.2, -0.15) is 4.57 Å². The summed E-state index contributed by atoms with van der Waals surface area (Å²) in [5.74, 6) is -2.11. The van der Waals surface area contributed by atoms with E-state index in [0.717, 1.165) is 47.5 Å². The summed E-state index contributed by atoms with van der Waals surface area (Å²) in [5, 5.41) is 21.0. The van der Waals surface area contributed by atoms with Crippen LogP contribution in [-0.2, 0) is 41.9 Å². The molecule has 4 aliphatic rings. The number of anilines is 2. The topological polar surface area (TPSA) is 210 Å². The number of β-lactam (4-membered cyclic amide) rings is 1. The number of hydrogen-bond donors (Lipinski definition) is 4. The molecule has 1 saturated carbocycles. The monoisotopic (exact) mass is 787 g/mol. The Morgan fingerprint density at radius 1 is 1.13 bits per heavy atom. The van der Waals surface area contributed by atoms with Crippen molar-refractivity contribution in [1.29, 1.82) is 0 Å². The standard InChI is InChI=1S/C37H38N8O8S2/c1-52-25-8-6-24(7-9-25)39-28(46)18-43-13-10-21(11-14-43)17-44-15-12-22(33(44)48)16-23-19-54-35-30(34(49)45(35)31(23)36(50)51)41-32(47)29(27-20-55-37(38)40-27)42-53-26-4-2-3-5-26/h6-11,13-14,16,20,26,30,35H,2-5,12,15,17-19H2,1H3,(H4-,38,39,40,41,46,47,50,51)/p+1/b22-16?,42-29-/t30-,35-/m1/s1. The molecule has 0 spiro atoms. The number of thioether (sulfide) groups is 1. The van der Waals surface area contributed by atoms with E-state index < -0.39 is 29.2 Å². The van der Waals surface area contributed by atoms with Gasteiger partial charge in [0, 0.05) is 47.6 Å². The molecule has 1 aliphatic carbocycles. The number of allylic oxidation sites excluding steroid dienone is 1. The van der Waals surface area contributed by atoms with Crippen molar-refractivity contribution in [2.24, 2.45) is 5.16 Å². The summed E-state index contributed by atoms with van der Waals surface area (Å²) in [6.07, 6.45) is 9.06. The van der Waals surface area contributed by atoms with Gasteiger partial charge in [-0.15, -0.1) is 23.1 Å². The number of nitrogens with one attached hydrogen (secondary N) is 2. The van der Waals surface area contributed by atoms with Gasteiger partial charge in [0.1, 0.15) is 34.7 Å². The van der Waals surface area contributed by atoms with Crippen LogP contribution in [0.4, 0.5) is 10.8 Å². The molecule has 5 N–H and O–H groups in total. The van der Waals surface area contributed by atoms with Crippen LogP contribution in [-0.4, -0.2) is 92.1 Å². The summed E-state index contributed by atoms with van der Waals surface area (Å²) in [4.78, 5) is 78.1. The maximum Gasteiger partial charge on any atom is 0.352 e. The Morgan fingerprint density at radius 2 is 1.87 bits per heavy atom. The summed E-state index contributed by atoms with van der Waals surface area (Å²) in [6.45, 7) is 0.860. The summed E-state index contributed by atoms with van der Waals surface area (Å²) in [6, 6.07) is 9.71. The van der Waals surface area contributed by atoms with E-state index in [1.807, 2.05) is 12.1 Å². The normalized spacial score (nSPS) is 20.7. The number of nitrogen functional groups attached to an aromatic ring is 1. The molecule has 3 fully saturated rings. The first-order valence-corrected chi connectivity index (χ1v) is 19.6. The lowest BCUT2D eigenvalue weighted by Crippen LogP contribution is -2.71. The van der Waals surface area contributed by atoms with Gasteiger partial charge in [-0.1, -0.05) is 5.16 Å². The van der Waals surface area contributed by atoms with Gasteiger partial charge in [0.05, 0.1) is 7.11 Å². The quantitative estimate of drug-likeness (QED) is 0.0650. The van der Waals surface area contributed by atoms with Crippen molar-refractivity contribution in [2.75, 3.05) is 30.5 Å². The number of carbonyl (C=O) groups excluding carboxylic acids is 4. The lowest BCUT2D eigenvalue weighted by atomic mass is 10.0. The second kappa shape index (κ2) is 16.3. The van der Waals surface area contributed by atoms with Crippen LogP contribution in [0.15, 0.2) is 82.2 Å². The number of oxime groups is 1. The Labute approximate surface area is 324 Å². The van der Waals surface area contributed by atoms with Crippen LogP contribution >= 0.6 is 23.1 Å². The molecular formula is C37H39N8O8S2+. The number of rotatable bonds is 13. The van der Waals surface area contributed by atoms with E-state index in [1.54, 1.807) is 64.7 Å². The van der Waals surface area contributed by atoms with Crippen LogP contribution in [0.3, 0.4) is 0 Å². The summed E-state index contributed by atoms with van der Waals surface area (Å²) < 4.78 is 6.88. The minimum Gasteiger partial charge on any atom is -0.497 e. The van der Waals surface area contributed by atoms with Crippen molar-refractivity contribution in [3.8, 4) is 5.75 Å². The lowest BCUT2D eigenvalue weighted by molar-refractivity contribution is -0.684. The van der Waals surface area contributed by atoms with Gasteiger partial charge >= 0.3 is 5.97 Å². The van der Waals surface area contributed by atoms with E-state index >= 15 is 0 Å². The second-order valence-corrected chi connectivity index (χ2v) is 15.4. The van der Waals surface area contributed by atoms with Crippen molar-refractivity contribution < 1.29 is 43.2 Å². The number of nitrogens with two attached hydrogens (primary N) is 1. The number of carboxylic acids is 1. The van der Waals surface area contributed by atoms with Crippen molar-refractivity contribution in [2.45, 2.75) is 62.7 Å². The molecule has 2 atom stereocenters. The van der Waals surface area contributed by atoms with Crippen molar-refractivity contribution in [1.82, 2.24) is 20.1 Å². The van der Waals surface area contributed by atoms with Crippen LogP contribution in [0, 0.1) is 0 Å². The molecular weight excluding hydrogens is 749 g/mol. The van der Waals surface area contributed by atoms with Crippen LogP contribution in [0.2, 0.25) is 0 Å². The van der Waals surface area contributed by atoms with Gasteiger partial charge in [-0.25, -0.2) is 9.78 Å². The Hall–Kier alpha value is -5.75. The van der Waals surface area contributed by atoms with Crippen molar-refractivity contribution >= 4 is 69.2 Å². The largest absolute Gasteiger partial charge is 0.497 e. The van der Waals surface area contributed by atoms with Gasteiger partial charge in [0.25, 0.3) is 17.7 Å². The minimum absolute atomic E-state index is 0.0984. The number of pyridine rings is 1. The number of fused-ring (bicyclic) bond motifs is 1. The number of hydrogen-bond acceptors (Lipinski definition) is 12. The number of methoxy groups -OCH3 is 1. The van der Waals surface area contributed by atoms with Gasteiger partial charge < -0.3 is 35.9 Å². The van der Waals surface area contributed by atoms with E-state index in [0.29, 0.717) is 42.1 Å². The van der Waals surface area contributed by atoms with E-state index in [2.05, 4.69) is 20.8 Å². The number of ether oxygens (including phenoxy) is 1. The second-order valence-electron chi connectivity index (χ2n) is 13.4. The Balaban J connectivity index is 0.973. The number of aliphatic carboxylic acids is 1. The fourth-order valence-electron chi connectivity index (χ4n) is 6.81. The zero-order valence-corrected chi connectivity index (χ0v) is 31.4. The first kappa shape index (κ1) is 37.6. The Morgan fingerprint density at radius 3 is 2.55 bits per heavy atom. The zero-order chi connectivity index (χ0) is 38.6. The number of amides is 4. The summed E-state index contributed by atoms with van der Waals surface area (Å²) >= 11 is 2.43. The van der Waals surface area contributed by atoms with Gasteiger partial charge in [-0.05, 0) is 73.6 Å². The van der Waals surface area contributed by atoms with Gasteiger partial charge in [0.2, 0.25) is 12.5 Å². The molecule has 286 valence electrons. The molecule has 1 aromatic carbocycles. The molecule has 18 heteroatoms. The molecule has 0 bridgehead atoms. The molecule has 4 amide bonds. The molecule has 3 aliphatic heterocycles. The van der Waals surface area contributed by atoms with Gasteiger partial charge in [0.15, 0.2) is 23.2 Å². The molecule has 5 heterocycles. The molecule has 7 rings (SSSR count). The number of benzene rings is 1. The molecule has 55 heavy (non-hydrogen) atoms. The molecule has 2 aromatic heterocycles. The predicted molar refractivity (Wildman–Crippen MR) is 202 cm³/mol. The fourth-order valence-corrected chi connectivity index (χ4v) is 8.66. The number of carbonyl (C=O) groups is 5. The fraction of sp³-hybridized carbons (Fsp3) is 0.351. The third-order valence-electron chi connectivity index (χ3n) is 9.66. The number of carboxylic acid groups (broad SMARTS) is 1. The molecule has 0 radical (unpaired) electrons. The van der Waals surface area contributed by atoms with Gasteiger partial charge in [-0.3, -0.25) is 24.1 Å². The Kier molecular flexibility index (Phi) is 11.1. The number of nitrogens with zero attached hydrogens (tertiary/aromatic N) is 5. The van der Waals surface area contributed by atoms with Crippen LogP contribution in [0.25, 0.3) is 0 Å². The van der Waals surface area contributed by atoms with Crippen LogP contribution < -0.4 is 25.7 Å². The highest BCUT2D eigenvalue weighted by atomic mass is 32.2. The zero-order valence-electron chi connectivity index (χ0n) is 29.8. The first-order chi connectivity index (χ1) is 26.6. The van der Waals surface area contributed by atoms with E-state index in [4.69, 9.17) is 15.3 Å². The molecule has 16 nitrogen and oxygen atoms in total. The Bertz CT molecular complexity index is 2090. The highest BCUT2D eigenvalue weighted by Crippen LogP contribution is 2.41. The van der Waals surface area contributed by atoms with Crippen molar-refractivity contribution in [3.63, 3.8) is 0 Å². The highest BCUT2D eigenvalue weighted by Gasteiger charge is 2.54. The predicted octanol–water partition coefficient (Wildman–Crippen LogP) is 2.42. The molecule has 0 unspecified atom stereocenters. The SMILES string of the molecule is COc1ccc(NC(=O)C[n+]2ccc(CN3CCC(=CC4=C(C(=O)O)N5C(=O)[C@@H](NC(=O)/C(=N\OC6CCCC6)c6csc(N)n6)[C@H]5SC4)C3=O)cc2)cc1. The average molecular weight is 788 g/mol. The summed E-state index contributed by atoms with van der Waals surface area (Å²) in [7, 11) is 1.57. The number of thiazole rings is 1. The van der Waals surface area contributed by atoms with Crippen molar-refractivity contribution in [3.05, 3.63) is 88.3 Å². The number of aromatic nitrogens is 2. The maximum atomic E-state index is 13.5. The summed E-state index contributed by atoms with van der Waals surface area (Å²) in [5.41, 5.74) is 7.99. The molecule has 2 saturated heterocycles. The lowest BCUT2D eigenvalue weighted by Gasteiger charge is -2.49. The number of likely N-dealkylation sites (tertiary alicyclic amines) is 1. The highest BCUT2D eigenvalue weighted by molar-refractivity contribution is 8.00. The smallest absolute Gasteiger partial charge is 0.352 e. The first-order valence-electron chi connectivity index (χ1n) is 17.7. The van der Waals surface area contributed by atoms with E-state index in [1.165, 1.54) is 11.8 Å². The molecule has 3 aromatic rings. The van der Waals surface area contributed by atoms with E-state index in [9.17, 15) is 29.1 Å².